The molecule has 0 bridgehead atoms. The van der Waals surface area contributed by atoms with Crippen molar-refractivity contribution in [1.29, 1.82) is 5.26 Å². The molecule has 0 saturated heterocycles. The number of halogens is 1. The third-order valence-corrected chi connectivity index (χ3v) is 2.40. The van der Waals surface area contributed by atoms with Gasteiger partial charge in [-0.15, -0.1) is 0 Å². The number of carbonyl (C=O) groups is 2. The average molecular weight is 251 g/mol. The van der Waals surface area contributed by atoms with E-state index in [-0.39, 0.29) is 24.5 Å². The predicted molar refractivity (Wildman–Crippen MR) is 64.7 cm³/mol. The highest BCUT2D eigenvalue weighted by atomic mass is 35.5. The van der Waals surface area contributed by atoms with Gasteiger partial charge in [-0.1, -0.05) is 11.6 Å². The Bertz CT molecular complexity index is 492. The van der Waals surface area contributed by atoms with E-state index in [1.54, 1.807) is 12.1 Å². The summed E-state index contributed by atoms with van der Waals surface area (Å²) in [5.74, 6) is -0.339. The number of hydrogen-bond donors (Lipinski definition) is 1. The van der Waals surface area contributed by atoms with Crippen LogP contribution >= 0.6 is 11.6 Å². The topological polar surface area (TPSA) is 70.0 Å². The first kappa shape index (κ1) is 13.2. The molecule has 0 heterocycles. The number of nitriles is 1. The number of nitrogens with zero attached hydrogens (tertiary/aromatic N) is 1. The zero-order valence-electron chi connectivity index (χ0n) is 9.29. The van der Waals surface area contributed by atoms with Gasteiger partial charge in [-0.3, -0.25) is 4.79 Å². The summed E-state index contributed by atoms with van der Waals surface area (Å²) in [5.41, 5.74) is 0.801. The fourth-order valence-corrected chi connectivity index (χ4v) is 1.36. The summed E-state index contributed by atoms with van der Waals surface area (Å²) in [5, 5.41) is 11.6. The molecule has 0 atom stereocenters. The summed E-state index contributed by atoms with van der Waals surface area (Å²) in [7, 11) is 0. The summed E-state index contributed by atoms with van der Waals surface area (Å²) in [4.78, 5) is 22.2. The molecule has 0 spiro atoms. The Morgan fingerprint density at radius 1 is 1.41 bits per heavy atom. The molecule has 1 aromatic carbocycles. The average Bonchev–Trinajstić information content (AvgIpc) is 2.29. The van der Waals surface area contributed by atoms with Crippen molar-refractivity contribution in [3.63, 3.8) is 0 Å². The smallest absolute Gasteiger partial charge is 0.224 e. The van der Waals surface area contributed by atoms with Crippen molar-refractivity contribution in [2.75, 3.05) is 5.32 Å². The molecular weight excluding hydrogens is 240 g/mol. The molecule has 4 nitrogen and oxygen atoms in total. The molecule has 0 saturated carbocycles. The molecule has 1 amide bonds. The van der Waals surface area contributed by atoms with Crippen LogP contribution in [-0.2, 0) is 9.59 Å². The van der Waals surface area contributed by atoms with Crippen molar-refractivity contribution in [2.45, 2.75) is 19.8 Å². The molecule has 0 radical (unpaired) electrons. The Morgan fingerprint density at radius 2 is 2.12 bits per heavy atom. The van der Waals surface area contributed by atoms with Crippen LogP contribution in [0.2, 0.25) is 5.02 Å². The molecule has 0 aromatic heterocycles. The highest BCUT2D eigenvalue weighted by Crippen LogP contribution is 2.22. The van der Waals surface area contributed by atoms with E-state index >= 15 is 0 Å². The maximum Gasteiger partial charge on any atom is 0.224 e. The van der Waals surface area contributed by atoms with Crippen LogP contribution in [0.5, 0.6) is 0 Å². The van der Waals surface area contributed by atoms with Gasteiger partial charge >= 0.3 is 0 Å². The van der Waals surface area contributed by atoms with E-state index in [2.05, 4.69) is 5.32 Å². The Labute approximate surface area is 104 Å². The number of anilines is 1. The number of hydrogen-bond acceptors (Lipinski definition) is 3. The third-order valence-electron chi connectivity index (χ3n) is 2.07. The Kier molecular flexibility index (Phi) is 4.68. The van der Waals surface area contributed by atoms with Gasteiger partial charge in [-0.25, -0.2) is 0 Å². The maximum atomic E-state index is 11.5. The van der Waals surface area contributed by atoms with Gasteiger partial charge in [0.05, 0.1) is 22.3 Å². The van der Waals surface area contributed by atoms with Crippen molar-refractivity contribution < 1.29 is 9.59 Å². The first-order valence-corrected chi connectivity index (χ1v) is 5.39. The molecule has 0 fully saturated rings. The lowest BCUT2D eigenvalue weighted by Gasteiger charge is -2.06. The normalized spacial score (nSPS) is 9.47. The summed E-state index contributed by atoms with van der Waals surface area (Å²) < 4.78 is 0. The SMILES string of the molecule is CC(=O)CCC(=O)Nc1cc(C#N)ccc1Cl. The second-order valence-electron chi connectivity index (χ2n) is 3.56. The molecule has 0 aliphatic heterocycles. The summed E-state index contributed by atoms with van der Waals surface area (Å²) >= 11 is 5.87. The van der Waals surface area contributed by atoms with E-state index in [0.29, 0.717) is 16.3 Å². The van der Waals surface area contributed by atoms with Gasteiger partial charge in [0.15, 0.2) is 0 Å². The number of amides is 1. The van der Waals surface area contributed by atoms with Gasteiger partial charge in [-0.2, -0.15) is 5.26 Å². The molecule has 0 aliphatic carbocycles. The number of ketones is 1. The van der Waals surface area contributed by atoms with Crippen LogP contribution in [-0.4, -0.2) is 11.7 Å². The van der Waals surface area contributed by atoms with Crippen molar-refractivity contribution in [2.24, 2.45) is 0 Å². The van der Waals surface area contributed by atoms with Crippen LogP contribution in [0.25, 0.3) is 0 Å². The van der Waals surface area contributed by atoms with E-state index in [4.69, 9.17) is 16.9 Å². The van der Waals surface area contributed by atoms with E-state index in [1.165, 1.54) is 13.0 Å². The molecular formula is C12H11ClN2O2. The highest BCUT2D eigenvalue weighted by Gasteiger charge is 2.07. The van der Waals surface area contributed by atoms with Gasteiger partial charge in [0.1, 0.15) is 5.78 Å². The molecule has 1 rings (SSSR count). The molecule has 1 N–H and O–H groups in total. The second kappa shape index (κ2) is 6.02. The summed E-state index contributed by atoms with van der Waals surface area (Å²) in [6, 6.07) is 6.55. The molecule has 88 valence electrons. The molecule has 0 unspecified atom stereocenters. The standard InChI is InChI=1S/C12H11ClN2O2/c1-8(16)2-5-12(17)15-11-6-9(7-14)3-4-10(11)13/h3-4,6H,2,5H2,1H3,(H,15,17). The Hall–Kier alpha value is -1.86. The molecule has 5 heteroatoms. The minimum Gasteiger partial charge on any atom is -0.325 e. The zero-order valence-corrected chi connectivity index (χ0v) is 10.0. The summed E-state index contributed by atoms with van der Waals surface area (Å²) in [6.45, 7) is 1.43. The van der Waals surface area contributed by atoms with Gasteiger partial charge in [0, 0.05) is 12.8 Å². The van der Waals surface area contributed by atoms with Crippen LogP contribution in [0.15, 0.2) is 18.2 Å². The first-order chi connectivity index (χ1) is 8.02. The second-order valence-corrected chi connectivity index (χ2v) is 3.96. The monoisotopic (exact) mass is 250 g/mol. The zero-order chi connectivity index (χ0) is 12.8. The first-order valence-electron chi connectivity index (χ1n) is 5.02. The fourth-order valence-electron chi connectivity index (χ4n) is 1.19. The van der Waals surface area contributed by atoms with Crippen molar-refractivity contribution in [3.8, 4) is 6.07 Å². The van der Waals surface area contributed by atoms with Crippen LogP contribution < -0.4 is 5.32 Å². The van der Waals surface area contributed by atoms with Crippen molar-refractivity contribution in [3.05, 3.63) is 28.8 Å². The molecule has 0 aliphatic rings. The molecule has 17 heavy (non-hydrogen) atoms. The van der Waals surface area contributed by atoms with Crippen LogP contribution in [0.1, 0.15) is 25.3 Å². The lowest BCUT2D eigenvalue weighted by atomic mass is 10.2. The van der Waals surface area contributed by atoms with Gasteiger partial charge in [0.2, 0.25) is 5.91 Å². The van der Waals surface area contributed by atoms with Gasteiger partial charge in [-0.05, 0) is 25.1 Å². The van der Waals surface area contributed by atoms with Crippen molar-refractivity contribution >= 4 is 29.0 Å². The minimum atomic E-state index is -0.294. The van der Waals surface area contributed by atoms with Gasteiger partial charge in [0.25, 0.3) is 0 Å². The third kappa shape index (κ3) is 4.25. The van der Waals surface area contributed by atoms with E-state index in [0.717, 1.165) is 0 Å². The lowest BCUT2D eigenvalue weighted by molar-refractivity contribution is -0.121. The van der Waals surface area contributed by atoms with Crippen LogP contribution in [0.4, 0.5) is 5.69 Å². The fraction of sp³-hybridized carbons (Fsp3) is 0.250. The Morgan fingerprint density at radius 3 is 2.71 bits per heavy atom. The Balaban J connectivity index is 2.71. The van der Waals surface area contributed by atoms with Crippen LogP contribution in [0.3, 0.4) is 0 Å². The number of Topliss-reactive ketones (excluding diaryl/α,β-unsaturated/α-hetero) is 1. The quantitative estimate of drug-likeness (QED) is 0.893. The minimum absolute atomic E-state index is 0.0444. The van der Waals surface area contributed by atoms with E-state index in [9.17, 15) is 9.59 Å². The van der Waals surface area contributed by atoms with Crippen molar-refractivity contribution in [1.82, 2.24) is 0 Å². The number of nitrogens with one attached hydrogen (secondary N) is 1. The number of benzene rings is 1. The maximum absolute atomic E-state index is 11.5. The highest BCUT2D eigenvalue weighted by molar-refractivity contribution is 6.33. The number of rotatable bonds is 4. The van der Waals surface area contributed by atoms with Crippen LogP contribution in [0, 0.1) is 11.3 Å². The molecule has 1 aromatic rings. The predicted octanol–water partition coefficient (Wildman–Crippen LogP) is 2.52. The van der Waals surface area contributed by atoms with E-state index < -0.39 is 0 Å². The lowest BCUT2D eigenvalue weighted by Crippen LogP contribution is -2.13. The van der Waals surface area contributed by atoms with Gasteiger partial charge < -0.3 is 10.1 Å². The summed E-state index contributed by atoms with van der Waals surface area (Å²) in [6.07, 6.45) is 0.309. The van der Waals surface area contributed by atoms with E-state index in [1.807, 2.05) is 6.07 Å². The largest absolute Gasteiger partial charge is 0.325 e. The number of carbonyl (C=O) groups excluding carboxylic acids is 2.